The summed E-state index contributed by atoms with van der Waals surface area (Å²) < 4.78 is 42.6. The Bertz CT molecular complexity index is 849. The number of nitrogens with zero attached hydrogens (tertiary/aromatic N) is 2. The van der Waals surface area contributed by atoms with Crippen LogP contribution >= 0.6 is 0 Å². The molecule has 2 aromatic rings. The van der Waals surface area contributed by atoms with E-state index in [2.05, 4.69) is 9.83 Å². The SMILES string of the molecule is [C-]#[N+]CCCS(=O)(=O)CCC(C)(C)c1coc(-c2ccc(F)cc2)n1. The van der Waals surface area contributed by atoms with E-state index >= 15 is 0 Å². The van der Waals surface area contributed by atoms with E-state index in [1.165, 1.54) is 18.4 Å². The molecule has 0 aliphatic heterocycles. The highest BCUT2D eigenvalue weighted by Gasteiger charge is 2.27. The van der Waals surface area contributed by atoms with Gasteiger partial charge in [-0.1, -0.05) is 13.8 Å². The Kier molecular flexibility index (Phi) is 5.96. The highest BCUT2D eigenvalue weighted by molar-refractivity contribution is 7.91. The van der Waals surface area contributed by atoms with Crippen molar-refractivity contribution in [2.75, 3.05) is 18.1 Å². The highest BCUT2D eigenvalue weighted by atomic mass is 32.2. The molecule has 2 rings (SSSR count). The van der Waals surface area contributed by atoms with Crippen LogP contribution in [0.5, 0.6) is 0 Å². The molecule has 1 heterocycles. The minimum atomic E-state index is -3.19. The Hall–Kier alpha value is -2.20. The standard InChI is InChI=1S/C18H21FN2O3S/c1-18(2,9-12-25(22,23)11-4-10-20-3)16-13-24-17(21-16)14-5-7-15(19)8-6-14/h5-8,13H,4,9-12H2,1-2H3. The van der Waals surface area contributed by atoms with Gasteiger partial charge in [0.05, 0.1) is 17.2 Å². The van der Waals surface area contributed by atoms with Gasteiger partial charge in [-0.15, -0.1) is 0 Å². The average Bonchev–Trinajstić information content (AvgIpc) is 3.05. The fraction of sp³-hybridized carbons (Fsp3) is 0.444. The summed E-state index contributed by atoms with van der Waals surface area (Å²) in [4.78, 5) is 7.61. The van der Waals surface area contributed by atoms with Crippen LogP contribution in [0.25, 0.3) is 16.3 Å². The summed E-state index contributed by atoms with van der Waals surface area (Å²) in [5.41, 5.74) is 0.840. The first kappa shape index (κ1) is 19.1. The smallest absolute Gasteiger partial charge is 0.226 e. The fourth-order valence-corrected chi connectivity index (χ4v) is 3.91. The molecule has 0 radical (unpaired) electrons. The first-order valence-corrected chi connectivity index (χ1v) is 9.81. The number of benzene rings is 1. The van der Waals surface area contributed by atoms with Crippen molar-refractivity contribution in [3.63, 3.8) is 0 Å². The van der Waals surface area contributed by atoms with E-state index in [1.807, 2.05) is 13.8 Å². The van der Waals surface area contributed by atoms with Crippen LogP contribution in [-0.2, 0) is 15.3 Å². The van der Waals surface area contributed by atoms with Crippen molar-refractivity contribution in [2.24, 2.45) is 0 Å². The van der Waals surface area contributed by atoms with Crippen molar-refractivity contribution < 1.29 is 17.2 Å². The Morgan fingerprint density at radius 3 is 2.56 bits per heavy atom. The number of hydrogen-bond acceptors (Lipinski definition) is 4. The van der Waals surface area contributed by atoms with E-state index in [-0.39, 0.29) is 23.9 Å². The lowest BCUT2D eigenvalue weighted by molar-refractivity contribution is 0.480. The topological polar surface area (TPSA) is 64.5 Å². The van der Waals surface area contributed by atoms with Gasteiger partial charge in [-0.25, -0.2) is 24.4 Å². The van der Waals surface area contributed by atoms with Crippen LogP contribution in [0, 0.1) is 12.4 Å². The van der Waals surface area contributed by atoms with E-state index in [0.29, 0.717) is 30.0 Å². The van der Waals surface area contributed by atoms with Crippen molar-refractivity contribution >= 4 is 9.84 Å². The van der Waals surface area contributed by atoms with E-state index in [1.54, 1.807) is 12.1 Å². The summed E-state index contributed by atoms with van der Waals surface area (Å²) in [7, 11) is -3.19. The summed E-state index contributed by atoms with van der Waals surface area (Å²) in [6, 6.07) is 5.83. The quantitative estimate of drug-likeness (QED) is 0.527. The fourth-order valence-electron chi connectivity index (χ4n) is 2.31. The molecule has 134 valence electrons. The third-order valence-electron chi connectivity index (χ3n) is 4.05. The zero-order valence-electron chi connectivity index (χ0n) is 14.3. The molecule has 0 spiro atoms. The molecule has 5 nitrogen and oxygen atoms in total. The molecule has 0 bridgehead atoms. The predicted octanol–water partition coefficient (Wildman–Crippen LogP) is 3.87. The largest absolute Gasteiger partial charge is 0.444 e. The summed E-state index contributed by atoms with van der Waals surface area (Å²) in [6.07, 6.45) is 2.29. The minimum Gasteiger partial charge on any atom is -0.444 e. The number of rotatable bonds is 8. The van der Waals surface area contributed by atoms with E-state index in [9.17, 15) is 12.8 Å². The molecule has 0 saturated carbocycles. The van der Waals surface area contributed by atoms with Crippen LogP contribution in [0.1, 0.15) is 32.4 Å². The van der Waals surface area contributed by atoms with Gasteiger partial charge in [0.15, 0.2) is 9.84 Å². The molecular weight excluding hydrogens is 343 g/mol. The average molecular weight is 364 g/mol. The van der Waals surface area contributed by atoms with Crippen LogP contribution < -0.4 is 0 Å². The molecule has 0 amide bonds. The number of sulfone groups is 1. The summed E-state index contributed by atoms with van der Waals surface area (Å²) >= 11 is 0. The van der Waals surface area contributed by atoms with Gasteiger partial charge in [-0.05, 0) is 30.7 Å². The zero-order chi connectivity index (χ0) is 18.5. The second-order valence-corrected chi connectivity index (χ2v) is 8.87. The number of oxazole rings is 1. The van der Waals surface area contributed by atoms with Crippen molar-refractivity contribution in [1.29, 1.82) is 0 Å². The molecular formula is C18H21FN2O3S. The molecule has 7 heteroatoms. The maximum absolute atomic E-state index is 13.0. The van der Waals surface area contributed by atoms with Crippen molar-refractivity contribution in [3.05, 3.63) is 53.5 Å². The Balaban J connectivity index is 2.05. The molecule has 0 N–H and O–H groups in total. The van der Waals surface area contributed by atoms with Gasteiger partial charge < -0.3 is 9.26 Å². The summed E-state index contributed by atoms with van der Waals surface area (Å²) in [5.74, 6) is 0.115. The molecule has 0 unspecified atom stereocenters. The monoisotopic (exact) mass is 364 g/mol. The number of aromatic nitrogens is 1. The van der Waals surface area contributed by atoms with Crippen LogP contribution in [0.3, 0.4) is 0 Å². The van der Waals surface area contributed by atoms with Gasteiger partial charge in [0.2, 0.25) is 12.4 Å². The third-order valence-corrected chi connectivity index (χ3v) is 5.79. The van der Waals surface area contributed by atoms with Crippen molar-refractivity contribution in [3.8, 4) is 11.5 Å². The van der Waals surface area contributed by atoms with Gasteiger partial charge in [0, 0.05) is 17.4 Å². The maximum atomic E-state index is 13.0. The molecule has 0 aliphatic carbocycles. The van der Waals surface area contributed by atoms with Crippen LogP contribution in [0.2, 0.25) is 0 Å². The Morgan fingerprint density at radius 2 is 1.92 bits per heavy atom. The third kappa shape index (κ3) is 5.40. The maximum Gasteiger partial charge on any atom is 0.226 e. The molecule has 0 fully saturated rings. The van der Waals surface area contributed by atoms with Gasteiger partial charge in [0.25, 0.3) is 0 Å². The van der Waals surface area contributed by atoms with Crippen LogP contribution in [0.4, 0.5) is 4.39 Å². The highest BCUT2D eigenvalue weighted by Crippen LogP contribution is 2.29. The van der Waals surface area contributed by atoms with E-state index in [0.717, 1.165) is 0 Å². The van der Waals surface area contributed by atoms with Crippen LogP contribution in [0.15, 0.2) is 34.9 Å². The molecule has 0 atom stereocenters. The molecule has 1 aromatic carbocycles. The first-order chi connectivity index (χ1) is 11.7. The second-order valence-electron chi connectivity index (χ2n) is 6.57. The molecule has 0 aliphatic rings. The Labute approximate surface area is 147 Å². The number of halogens is 1. The van der Waals surface area contributed by atoms with E-state index < -0.39 is 15.3 Å². The number of hydrogen-bond donors (Lipinski definition) is 0. The molecule has 1 aromatic heterocycles. The van der Waals surface area contributed by atoms with Gasteiger partial charge in [-0.2, -0.15) is 0 Å². The van der Waals surface area contributed by atoms with Crippen LogP contribution in [-0.4, -0.2) is 31.5 Å². The van der Waals surface area contributed by atoms with Gasteiger partial charge in [0.1, 0.15) is 12.1 Å². The van der Waals surface area contributed by atoms with Gasteiger partial charge in [-0.3, -0.25) is 0 Å². The first-order valence-electron chi connectivity index (χ1n) is 7.99. The normalized spacial score (nSPS) is 12.1. The lowest BCUT2D eigenvalue weighted by Gasteiger charge is -2.21. The second kappa shape index (κ2) is 7.79. The van der Waals surface area contributed by atoms with Crippen molar-refractivity contribution in [2.45, 2.75) is 32.1 Å². The molecule has 25 heavy (non-hydrogen) atoms. The van der Waals surface area contributed by atoms with E-state index in [4.69, 9.17) is 11.0 Å². The lowest BCUT2D eigenvalue weighted by atomic mass is 9.87. The predicted molar refractivity (Wildman–Crippen MR) is 94.3 cm³/mol. The minimum absolute atomic E-state index is 0.0328. The summed E-state index contributed by atoms with van der Waals surface area (Å²) in [6.45, 7) is 10.8. The lowest BCUT2D eigenvalue weighted by Crippen LogP contribution is -2.23. The Morgan fingerprint density at radius 1 is 1.24 bits per heavy atom. The zero-order valence-corrected chi connectivity index (χ0v) is 15.1. The van der Waals surface area contributed by atoms with Gasteiger partial charge >= 0.3 is 0 Å². The van der Waals surface area contributed by atoms with Crippen molar-refractivity contribution in [1.82, 2.24) is 4.98 Å². The molecule has 0 saturated heterocycles. The summed E-state index contributed by atoms with van der Waals surface area (Å²) in [5, 5.41) is 0.